The first-order valence-corrected chi connectivity index (χ1v) is 9.66. The van der Waals surface area contributed by atoms with Crippen LogP contribution in [0.1, 0.15) is 48.0 Å². The number of hydrogen-bond donors (Lipinski definition) is 3. The normalized spacial score (nSPS) is 19.3. The van der Waals surface area contributed by atoms with E-state index in [1.165, 1.54) is 6.42 Å². The predicted molar refractivity (Wildman–Crippen MR) is 107 cm³/mol. The van der Waals surface area contributed by atoms with Crippen molar-refractivity contribution in [2.24, 2.45) is 21.5 Å². The highest BCUT2D eigenvalue weighted by molar-refractivity contribution is 5.94. The van der Waals surface area contributed by atoms with Crippen molar-refractivity contribution in [3.8, 4) is 0 Å². The molecule has 0 atom stereocenters. The summed E-state index contributed by atoms with van der Waals surface area (Å²) >= 11 is 0. The topological polar surface area (TPSA) is 112 Å². The summed E-state index contributed by atoms with van der Waals surface area (Å²) in [5.41, 5.74) is 16.4. The molecule has 0 spiro atoms. The van der Waals surface area contributed by atoms with E-state index in [4.69, 9.17) is 11.5 Å². The van der Waals surface area contributed by atoms with Crippen molar-refractivity contribution in [1.29, 1.82) is 0 Å². The Balaban J connectivity index is 1.52. The Morgan fingerprint density at radius 1 is 0.963 bits per heavy atom. The number of aliphatic imine (C=N–C) groups is 2. The van der Waals surface area contributed by atoms with Crippen molar-refractivity contribution in [1.82, 2.24) is 15.3 Å². The van der Waals surface area contributed by atoms with Crippen LogP contribution in [-0.4, -0.2) is 53.9 Å². The average Bonchev–Trinajstić information content (AvgIpc) is 3.19. The lowest BCUT2D eigenvalue weighted by molar-refractivity contribution is 0.0724. The van der Waals surface area contributed by atoms with Gasteiger partial charge in [-0.2, -0.15) is 4.99 Å². The minimum atomic E-state index is 0.106. The molecule has 146 valence electrons. The number of carbonyl (C=O) groups is 1. The summed E-state index contributed by atoms with van der Waals surface area (Å²) in [6.07, 6.45) is 5.70. The number of nitrogens with zero attached hydrogens (tertiary/aromatic N) is 4. The summed E-state index contributed by atoms with van der Waals surface area (Å²) in [5.74, 6) is 0.489. The molecule has 2 saturated heterocycles. The fourth-order valence-corrected chi connectivity index (χ4v) is 3.38. The van der Waals surface area contributed by atoms with Crippen LogP contribution in [0.15, 0.2) is 34.3 Å². The molecule has 2 fully saturated rings. The number of piperidine rings is 1. The molecule has 0 radical (unpaired) electrons. The molecule has 2 aliphatic rings. The average molecular weight is 371 g/mol. The molecule has 2 aliphatic heterocycles. The molecule has 5 N–H and O–H groups in total. The predicted octanol–water partition coefficient (Wildman–Crippen LogP) is 1.04. The van der Waals surface area contributed by atoms with Gasteiger partial charge in [0.2, 0.25) is 11.9 Å². The minimum absolute atomic E-state index is 0.106. The summed E-state index contributed by atoms with van der Waals surface area (Å²) in [4.78, 5) is 22.7. The maximum atomic E-state index is 12.5. The Bertz CT molecular complexity index is 687. The van der Waals surface area contributed by atoms with Gasteiger partial charge in [0, 0.05) is 31.7 Å². The van der Waals surface area contributed by atoms with Crippen molar-refractivity contribution >= 4 is 17.8 Å². The summed E-state index contributed by atoms with van der Waals surface area (Å²) in [5, 5.41) is 2.02. The van der Waals surface area contributed by atoms with Crippen molar-refractivity contribution in [3.63, 3.8) is 0 Å². The van der Waals surface area contributed by atoms with Crippen LogP contribution in [0.2, 0.25) is 0 Å². The van der Waals surface area contributed by atoms with Crippen molar-refractivity contribution in [2.45, 2.75) is 38.6 Å². The number of hydrazine groups is 1. The minimum Gasteiger partial charge on any atom is -0.368 e. The lowest BCUT2D eigenvalue weighted by Gasteiger charge is -2.26. The number of carbonyl (C=O) groups excluding carboxylic acids is 1. The van der Waals surface area contributed by atoms with E-state index < -0.39 is 0 Å². The lowest BCUT2D eigenvalue weighted by atomic mass is 10.1. The van der Waals surface area contributed by atoms with E-state index in [2.05, 4.69) is 15.4 Å². The lowest BCUT2D eigenvalue weighted by Crippen LogP contribution is -2.45. The molecule has 0 unspecified atom stereocenters. The summed E-state index contributed by atoms with van der Waals surface area (Å²) in [7, 11) is 0. The largest absolute Gasteiger partial charge is 0.368 e. The number of likely N-dealkylation sites (tertiary alicyclic amines) is 1. The number of rotatable bonds is 4. The molecule has 0 aliphatic carbocycles. The van der Waals surface area contributed by atoms with E-state index in [9.17, 15) is 4.79 Å². The molecule has 8 nitrogen and oxygen atoms in total. The van der Waals surface area contributed by atoms with Gasteiger partial charge in [0.15, 0.2) is 0 Å². The molecule has 0 aromatic heterocycles. The Morgan fingerprint density at radius 2 is 1.59 bits per heavy atom. The van der Waals surface area contributed by atoms with Gasteiger partial charge in [0.05, 0.1) is 6.54 Å². The first-order valence-electron chi connectivity index (χ1n) is 9.66. The fraction of sp³-hybridized carbons (Fsp3) is 0.526. The Morgan fingerprint density at radius 3 is 2.26 bits per heavy atom. The molecule has 1 aromatic carbocycles. The number of hydrogen-bond acceptors (Lipinski definition) is 3. The number of nitrogens with two attached hydrogens (primary N) is 2. The second-order valence-corrected chi connectivity index (χ2v) is 7.03. The van der Waals surface area contributed by atoms with Gasteiger partial charge in [-0.25, -0.2) is 10.0 Å². The van der Waals surface area contributed by atoms with Gasteiger partial charge in [0.1, 0.15) is 0 Å². The van der Waals surface area contributed by atoms with Crippen LogP contribution in [0.4, 0.5) is 0 Å². The van der Waals surface area contributed by atoms with Crippen LogP contribution in [-0.2, 0) is 6.54 Å². The third-order valence-electron chi connectivity index (χ3n) is 4.88. The van der Waals surface area contributed by atoms with Crippen LogP contribution in [0.25, 0.3) is 0 Å². The maximum Gasteiger partial charge on any atom is 0.253 e. The Kier molecular flexibility index (Phi) is 6.64. The monoisotopic (exact) mass is 371 g/mol. The molecule has 27 heavy (non-hydrogen) atoms. The number of nitrogens with one attached hydrogen (secondary N) is 1. The standard InChI is InChI=1S/C19H29N7O/c20-18(23-19(21)24-26-12-4-5-13-26)22-14-15-6-8-16(9-7-15)17(27)25-10-2-1-3-11-25/h6-9H,1-5,10-14H2,(H5,20,21,22,23,24). The van der Waals surface area contributed by atoms with E-state index in [1.807, 2.05) is 34.2 Å². The Labute approximate surface area is 160 Å². The molecule has 1 aromatic rings. The van der Waals surface area contributed by atoms with Crippen molar-refractivity contribution in [3.05, 3.63) is 35.4 Å². The zero-order valence-corrected chi connectivity index (χ0v) is 15.7. The fourth-order valence-electron chi connectivity index (χ4n) is 3.38. The highest BCUT2D eigenvalue weighted by Gasteiger charge is 2.17. The zero-order valence-electron chi connectivity index (χ0n) is 15.7. The SMILES string of the molecule is NC(=NCc1ccc(C(=O)N2CCCCC2)cc1)N=C(N)NN1CCCC1. The van der Waals surface area contributed by atoms with Crippen molar-refractivity contribution in [2.75, 3.05) is 26.2 Å². The van der Waals surface area contributed by atoms with Gasteiger partial charge >= 0.3 is 0 Å². The maximum absolute atomic E-state index is 12.5. The van der Waals surface area contributed by atoms with Gasteiger partial charge in [-0.1, -0.05) is 12.1 Å². The van der Waals surface area contributed by atoms with E-state index in [-0.39, 0.29) is 17.8 Å². The molecule has 1 amide bonds. The molecule has 0 bridgehead atoms. The first-order chi connectivity index (χ1) is 13.1. The second-order valence-electron chi connectivity index (χ2n) is 7.03. The smallest absolute Gasteiger partial charge is 0.253 e. The van der Waals surface area contributed by atoms with Crippen LogP contribution in [0.5, 0.6) is 0 Å². The van der Waals surface area contributed by atoms with E-state index in [1.54, 1.807) is 0 Å². The van der Waals surface area contributed by atoms with Crippen LogP contribution >= 0.6 is 0 Å². The first kappa shape index (κ1) is 19.2. The second kappa shape index (κ2) is 9.36. The number of guanidine groups is 2. The zero-order chi connectivity index (χ0) is 19.1. The quantitative estimate of drug-likeness (QED) is 0.541. The number of amides is 1. The summed E-state index contributed by atoms with van der Waals surface area (Å²) in [6, 6.07) is 7.52. The molecular formula is C19H29N7O. The van der Waals surface area contributed by atoms with Gasteiger partial charge in [-0.3, -0.25) is 10.2 Å². The number of benzene rings is 1. The van der Waals surface area contributed by atoms with Crippen LogP contribution < -0.4 is 16.9 Å². The van der Waals surface area contributed by atoms with Gasteiger partial charge in [0.25, 0.3) is 5.91 Å². The highest BCUT2D eigenvalue weighted by atomic mass is 16.2. The van der Waals surface area contributed by atoms with Crippen LogP contribution in [0, 0.1) is 0 Å². The molecular weight excluding hydrogens is 342 g/mol. The third-order valence-corrected chi connectivity index (χ3v) is 4.88. The third kappa shape index (κ3) is 5.68. The van der Waals surface area contributed by atoms with Gasteiger partial charge < -0.3 is 16.4 Å². The summed E-state index contributed by atoms with van der Waals surface area (Å²) < 4.78 is 0. The highest BCUT2D eigenvalue weighted by Crippen LogP contribution is 2.14. The van der Waals surface area contributed by atoms with Gasteiger partial charge in [-0.05, 0) is 49.8 Å². The molecule has 8 heteroatoms. The molecule has 2 heterocycles. The van der Waals surface area contributed by atoms with E-state index in [0.717, 1.165) is 63.0 Å². The molecule has 0 saturated carbocycles. The molecule has 3 rings (SSSR count). The summed E-state index contributed by atoms with van der Waals surface area (Å²) in [6.45, 7) is 4.01. The van der Waals surface area contributed by atoms with Crippen molar-refractivity contribution < 1.29 is 4.79 Å². The Hall–Kier alpha value is -2.61. The van der Waals surface area contributed by atoms with Crippen LogP contribution in [0.3, 0.4) is 0 Å². The van der Waals surface area contributed by atoms with E-state index in [0.29, 0.717) is 6.54 Å². The van der Waals surface area contributed by atoms with E-state index >= 15 is 0 Å². The van der Waals surface area contributed by atoms with Gasteiger partial charge in [-0.15, -0.1) is 0 Å².